The molecular weight excluding hydrogens is 532 g/mol. The van der Waals surface area contributed by atoms with Crippen molar-refractivity contribution in [1.82, 2.24) is 9.47 Å². The van der Waals surface area contributed by atoms with E-state index in [1.54, 1.807) is 36.1 Å². The summed E-state index contributed by atoms with van der Waals surface area (Å²) in [5, 5.41) is 12.3. The van der Waals surface area contributed by atoms with Gasteiger partial charge in [-0.1, -0.05) is 35.1 Å². The molecule has 3 heterocycles. The summed E-state index contributed by atoms with van der Waals surface area (Å²) in [4.78, 5) is 45.4. The number of thiazole rings is 1. The summed E-state index contributed by atoms with van der Waals surface area (Å²) in [5.74, 6) is 0.418. The Morgan fingerprint density at radius 2 is 1.89 bits per heavy atom. The molecule has 3 aromatic rings. The van der Waals surface area contributed by atoms with Crippen LogP contribution in [0.3, 0.4) is 0 Å². The standard InChI is InChI=1S/C26H23ClN4O6S/c1-4-29(5-2)25(33)22-14(3)28-26-30(23(22)15-6-8-17(27)9-7-15)24(32)21(38-26)11-16-10-19-20(37-13-36-19)12-18(16)31(34)35/h6-12,23H,4-5,13H2,1-3H3/b21-11+/t23-/m1/s1. The molecule has 0 saturated heterocycles. The molecule has 1 atom stereocenters. The molecule has 10 nitrogen and oxygen atoms in total. The average molecular weight is 555 g/mol. The summed E-state index contributed by atoms with van der Waals surface area (Å²) in [6.07, 6.45) is 1.45. The monoisotopic (exact) mass is 554 g/mol. The molecule has 2 aliphatic rings. The quantitative estimate of drug-likeness (QED) is 0.341. The maximum absolute atomic E-state index is 13.9. The Morgan fingerprint density at radius 1 is 1.24 bits per heavy atom. The number of nitro benzene ring substituents is 1. The van der Waals surface area contributed by atoms with Crippen LogP contribution in [0, 0.1) is 10.1 Å². The van der Waals surface area contributed by atoms with E-state index in [0.29, 0.717) is 45.5 Å². The van der Waals surface area contributed by atoms with E-state index in [4.69, 9.17) is 21.1 Å². The van der Waals surface area contributed by atoms with Crippen LogP contribution in [0.25, 0.3) is 6.08 Å². The SMILES string of the molecule is CCN(CC)C(=O)C1=C(C)N=c2s/c(=C/c3cc4c(cc3[N+](=O)[O-])OCO4)c(=O)n2[C@@H]1c1ccc(Cl)cc1. The van der Waals surface area contributed by atoms with Crippen LogP contribution in [-0.2, 0) is 4.79 Å². The lowest BCUT2D eigenvalue weighted by Crippen LogP contribution is -2.43. The second kappa shape index (κ2) is 10.1. The number of halogens is 1. The number of nitro groups is 1. The maximum Gasteiger partial charge on any atom is 0.280 e. The first-order valence-corrected chi connectivity index (χ1v) is 13.1. The van der Waals surface area contributed by atoms with Crippen molar-refractivity contribution >= 4 is 40.6 Å². The first-order valence-electron chi connectivity index (χ1n) is 11.9. The van der Waals surface area contributed by atoms with Gasteiger partial charge >= 0.3 is 0 Å². The number of fused-ring (bicyclic) bond motifs is 2. The molecule has 2 aromatic carbocycles. The van der Waals surface area contributed by atoms with Gasteiger partial charge in [-0.15, -0.1) is 0 Å². The highest BCUT2D eigenvalue weighted by molar-refractivity contribution is 7.07. The van der Waals surface area contributed by atoms with E-state index in [1.165, 1.54) is 22.8 Å². The van der Waals surface area contributed by atoms with Crippen molar-refractivity contribution < 1.29 is 19.2 Å². The number of carbonyl (C=O) groups excluding carboxylic acids is 1. The smallest absolute Gasteiger partial charge is 0.280 e. The number of allylic oxidation sites excluding steroid dienone is 1. The summed E-state index contributed by atoms with van der Waals surface area (Å²) in [5.41, 5.74) is 1.15. The van der Waals surface area contributed by atoms with Crippen LogP contribution >= 0.6 is 22.9 Å². The molecule has 0 saturated carbocycles. The molecule has 2 aliphatic heterocycles. The second-order valence-electron chi connectivity index (χ2n) is 8.63. The van der Waals surface area contributed by atoms with Gasteiger partial charge in [-0.05, 0) is 50.6 Å². The molecule has 38 heavy (non-hydrogen) atoms. The van der Waals surface area contributed by atoms with Crippen molar-refractivity contribution in [2.24, 2.45) is 4.99 Å². The first kappa shape index (κ1) is 25.7. The highest BCUT2D eigenvalue weighted by Crippen LogP contribution is 2.38. The number of hydrogen-bond acceptors (Lipinski definition) is 8. The Bertz CT molecular complexity index is 1670. The van der Waals surface area contributed by atoms with Crippen molar-refractivity contribution in [3.8, 4) is 11.5 Å². The summed E-state index contributed by atoms with van der Waals surface area (Å²) in [6.45, 7) is 6.49. The Labute approximate surface area is 225 Å². The van der Waals surface area contributed by atoms with Crippen LogP contribution < -0.4 is 24.4 Å². The molecule has 0 unspecified atom stereocenters. The van der Waals surface area contributed by atoms with Gasteiger partial charge in [0.25, 0.3) is 17.2 Å². The highest BCUT2D eigenvalue weighted by atomic mass is 35.5. The highest BCUT2D eigenvalue weighted by Gasteiger charge is 2.34. The van der Waals surface area contributed by atoms with Gasteiger partial charge in [-0.25, -0.2) is 4.99 Å². The number of likely N-dealkylation sites (N-methyl/N-ethyl adjacent to an activating group) is 1. The fourth-order valence-corrected chi connectivity index (χ4v) is 5.76. The molecule has 0 fully saturated rings. The number of benzene rings is 2. The fraction of sp³-hybridized carbons (Fsp3) is 0.269. The Kier molecular flexibility index (Phi) is 6.80. The maximum atomic E-state index is 13.9. The molecule has 0 aliphatic carbocycles. The van der Waals surface area contributed by atoms with Crippen LogP contribution in [-0.4, -0.2) is 40.2 Å². The lowest BCUT2D eigenvalue weighted by Gasteiger charge is -2.29. The number of carbonyl (C=O) groups is 1. The van der Waals surface area contributed by atoms with Gasteiger partial charge in [0.05, 0.1) is 38.4 Å². The minimum absolute atomic E-state index is 0.0398. The molecule has 0 radical (unpaired) electrons. The van der Waals surface area contributed by atoms with Gasteiger partial charge < -0.3 is 14.4 Å². The summed E-state index contributed by atoms with van der Waals surface area (Å²) >= 11 is 7.23. The van der Waals surface area contributed by atoms with Crippen molar-refractivity contribution in [3.05, 3.63) is 93.6 Å². The number of ether oxygens (including phenoxy) is 2. The first-order chi connectivity index (χ1) is 18.2. The van der Waals surface area contributed by atoms with E-state index in [1.807, 2.05) is 13.8 Å². The third-order valence-corrected chi connectivity index (χ3v) is 7.73. The van der Waals surface area contributed by atoms with Gasteiger partial charge in [-0.2, -0.15) is 0 Å². The zero-order valence-electron chi connectivity index (χ0n) is 20.8. The van der Waals surface area contributed by atoms with E-state index < -0.39 is 16.5 Å². The van der Waals surface area contributed by atoms with Gasteiger partial charge in [0, 0.05) is 18.1 Å². The molecule has 1 aromatic heterocycles. The number of hydrogen-bond donors (Lipinski definition) is 0. The molecule has 1 amide bonds. The Balaban J connectivity index is 1.74. The van der Waals surface area contributed by atoms with E-state index in [9.17, 15) is 19.7 Å². The van der Waals surface area contributed by atoms with Crippen LogP contribution in [0.15, 0.2) is 57.5 Å². The van der Waals surface area contributed by atoms with Gasteiger partial charge in [0.1, 0.15) is 0 Å². The third kappa shape index (κ3) is 4.37. The van der Waals surface area contributed by atoms with Crippen LogP contribution in [0.1, 0.15) is 37.9 Å². The van der Waals surface area contributed by atoms with E-state index in [0.717, 1.165) is 11.3 Å². The minimum Gasteiger partial charge on any atom is -0.454 e. The van der Waals surface area contributed by atoms with Gasteiger partial charge in [0.2, 0.25) is 6.79 Å². The lowest BCUT2D eigenvalue weighted by atomic mass is 9.94. The summed E-state index contributed by atoms with van der Waals surface area (Å²) in [6, 6.07) is 8.99. The van der Waals surface area contributed by atoms with Crippen molar-refractivity contribution in [2.45, 2.75) is 26.8 Å². The minimum atomic E-state index is -0.745. The number of aromatic nitrogens is 1. The van der Waals surface area contributed by atoms with Gasteiger partial charge in [-0.3, -0.25) is 24.3 Å². The summed E-state index contributed by atoms with van der Waals surface area (Å²) < 4.78 is 12.4. The largest absolute Gasteiger partial charge is 0.454 e. The van der Waals surface area contributed by atoms with Crippen molar-refractivity contribution in [3.63, 3.8) is 0 Å². The number of nitrogens with zero attached hydrogens (tertiary/aromatic N) is 4. The Morgan fingerprint density at radius 3 is 2.53 bits per heavy atom. The zero-order valence-corrected chi connectivity index (χ0v) is 22.3. The van der Waals surface area contributed by atoms with Crippen molar-refractivity contribution in [2.75, 3.05) is 19.9 Å². The second-order valence-corrected chi connectivity index (χ2v) is 10.1. The molecule has 0 bridgehead atoms. The average Bonchev–Trinajstić information content (AvgIpc) is 3.47. The molecule has 196 valence electrons. The van der Waals surface area contributed by atoms with Crippen LogP contribution in [0.5, 0.6) is 11.5 Å². The molecule has 0 N–H and O–H groups in total. The van der Waals surface area contributed by atoms with E-state index >= 15 is 0 Å². The van der Waals surface area contributed by atoms with E-state index in [2.05, 4.69) is 4.99 Å². The third-order valence-electron chi connectivity index (χ3n) is 6.49. The van der Waals surface area contributed by atoms with Gasteiger partial charge in [0.15, 0.2) is 16.3 Å². The summed E-state index contributed by atoms with van der Waals surface area (Å²) in [7, 11) is 0. The number of amides is 1. The van der Waals surface area contributed by atoms with Crippen molar-refractivity contribution in [1.29, 1.82) is 0 Å². The molecule has 0 spiro atoms. The van der Waals surface area contributed by atoms with E-state index in [-0.39, 0.29) is 34.2 Å². The zero-order chi connectivity index (χ0) is 27.1. The lowest BCUT2D eigenvalue weighted by molar-refractivity contribution is -0.385. The normalized spacial score (nSPS) is 16.3. The predicted molar refractivity (Wildman–Crippen MR) is 142 cm³/mol. The van der Waals surface area contributed by atoms with Crippen LogP contribution in [0.4, 0.5) is 5.69 Å². The number of rotatable bonds is 6. The fourth-order valence-electron chi connectivity index (χ4n) is 4.60. The predicted octanol–water partition coefficient (Wildman–Crippen LogP) is 3.39. The molecule has 5 rings (SSSR count). The Hall–Kier alpha value is -3.96. The topological polar surface area (TPSA) is 116 Å². The van der Waals surface area contributed by atoms with Crippen LogP contribution in [0.2, 0.25) is 5.02 Å². The molecule has 12 heteroatoms. The molecular formula is C26H23ClN4O6S.